The van der Waals surface area contributed by atoms with E-state index in [4.69, 9.17) is 20.3 Å². The third-order valence-electron chi connectivity index (χ3n) is 9.18. The van der Waals surface area contributed by atoms with Crippen LogP contribution in [0.3, 0.4) is 0 Å². The molecule has 7 rings (SSSR count). The maximum Gasteiger partial charge on any atom is 0.349 e. The van der Waals surface area contributed by atoms with E-state index in [1.54, 1.807) is 11.8 Å². The number of aryl methyl sites for hydroxylation is 1. The van der Waals surface area contributed by atoms with Crippen molar-refractivity contribution in [1.82, 2.24) is 14.9 Å². The summed E-state index contributed by atoms with van der Waals surface area (Å²) < 4.78 is 46.9. The highest BCUT2D eigenvalue weighted by atomic mass is 19.1. The number of aromatic nitrogens is 2. The number of aromatic hydroxyl groups is 1. The molecule has 3 saturated heterocycles. The number of alkyl halides is 1. The summed E-state index contributed by atoms with van der Waals surface area (Å²) in [6.07, 6.45) is 5.99. The molecular formula is C33H32F2N4O6. The van der Waals surface area contributed by atoms with Gasteiger partial charge in [0.15, 0.2) is 5.82 Å². The normalized spacial score (nSPS) is 23.8. The van der Waals surface area contributed by atoms with Crippen molar-refractivity contribution in [2.45, 2.75) is 44.0 Å². The Hall–Kier alpha value is -4.31. The molecule has 2 N–H and O–H groups in total. The number of aliphatic hydroxyl groups is 1. The summed E-state index contributed by atoms with van der Waals surface area (Å²) >= 11 is 0. The Kier molecular flexibility index (Phi) is 7.35. The fourth-order valence-electron chi connectivity index (χ4n) is 7.14. The van der Waals surface area contributed by atoms with Gasteiger partial charge in [0.05, 0.1) is 35.9 Å². The SMILES string of the molecule is C#Cc1c(F)ccc2cc(O)cc(-c3oc(=O)c4c(N5CCOC[C@H](O)C5)nc(OC[C@@]56CCCN5C[C@H](F)C6)nc4c3C)c12. The summed E-state index contributed by atoms with van der Waals surface area (Å²) in [4.78, 5) is 27.0. The van der Waals surface area contributed by atoms with Crippen molar-refractivity contribution in [1.29, 1.82) is 0 Å². The zero-order valence-electron chi connectivity index (χ0n) is 24.7. The fourth-order valence-corrected chi connectivity index (χ4v) is 7.14. The number of phenols is 1. The first kappa shape index (κ1) is 29.4. The van der Waals surface area contributed by atoms with Crippen LogP contribution in [-0.2, 0) is 4.74 Å². The lowest BCUT2D eigenvalue weighted by molar-refractivity contribution is 0.0597. The Labute approximate surface area is 257 Å². The second kappa shape index (κ2) is 11.2. The number of terminal acetylenes is 1. The van der Waals surface area contributed by atoms with E-state index in [9.17, 15) is 23.8 Å². The molecule has 2 aromatic carbocycles. The van der Waals surface area contributed by atoms with E-state index in [2.05, 4.69) is 20.8 Å². The summed E-state index contributed by atoms with van der Waals surface area (Å²) in [5.74, 6) is 1.85. The van der Waals surface area contributed by atoms with Crippen LogP contribution in [0.4, 0.5) is 14.6 Å². The third kappa shape index (κ3) is 5.05. The molecule has 0 aliphatic carbocycles. The van der Waals surface area contributed by atoms with Gasteiger partial charge in [-0.3, -0.25) is 4.90 Å². The minimum Gasteiger partial charge on any atom is -0.508 e. The highest BCUT2D eigenvalue weighted by Crippen LogP contribution is 2.42. The summed E-state index contributed by atoms with van der Waals surface area (Å²) in [6, 6.07) is 5.49. The van der Waals surface area contributed by atoms with Gasteiger partial charge in [0, 0.05) is 42.6 Å². The number of ether oxygens (including phenoxy) is 2. The molecule has 0 unspecified atom stereocenters. The Morgan fingerprint density at radius 1 is 1.22 bits per heavy atom. The van der Waals surface area contributed by atoms with Crippen LogP contribution in [0.1, 0.15) is 30.4 Å². The highest BCUT2D eigenvalue weighted by Gasteiger charge is 2.49. The molecule has 3 atom stereocenters. The lowest BCUT2D eigenvalue weighted by atomic mass is 9.95. The van der Waals surface area contributed by atoms with Crippen LogP contribution in [-0.4, -0.2) is 88.9 Å². The zero-order chi connectivity index (χ0) is 31.5. The Morgan fingerprint density at radius 2 is 2.07 bits per heavy atom. The Bertz CT molecular complexity index is 1930. The smallest absolute Gasteiger partial charge is 0.349 e. The van der Waals surface area contributed by atoms with E-state index in [-0.39, 0.29) is 71.7 Å². The lowest BCUT2D eigenvalue weighted by Crippen LogP contribution is -2.43. The van der Waals surface area contributed by atoms with Crippen LogP contribution >= 0.6 is 0 Å². The predicted octanol–water partition coefficient (Wildman–Crippen LogP) is 3.69. The van der Waals surface area contributed by atoms with Crippen molar-refractivity contribution in [3.05, 3.63) is 51.6 Å². The van der Waals surface area contributed by atoms with Gasteiger partial charge < -0.3 is 29.0 Å². The molecule has 0 spiro atoms. The van der Waals surface area contributed by atoms with E-state index >= 15 is 0 Å². The molecule has 0 amide bonds. The van der Waals surface area contributed by atoms with Gasteiger partial charge in [-0.2, -0.15) is 9.97 Å². The summed E-state index contributed by atoms with van der Waals surface area (Å²) in [7, 11) is 0. The number of halogens is 2. The first-order valence-corrected chi connectivity index (χ1v) is 15.0. The van der Waals surface area contributed by atoms with Gasteiger partial charge in [0.2, 0.25) is 0 Å². The molecule has 3 aliphatic heterocycles. The number of anilines is 1. The highest BCUT2D eigenvalue weighted by molar-refractivity contribution is 6.03. The zero-order valence-corrected chi connectivity index (χ0v) is 24.7. The Balaban J connectivity index is 1.42. The average molecular weight is 619 g/mol. The monoisotopic (exact) mass is 618 g/mol. The summed E-state index contributed by atoms with van der Waals surface area (Å²) in [6.45, 7) is 3.88. The van der Waals surface area contributed by atoms with Gasteiger partial charge >= 0.3 is 11.6 Å². The Morgan fingerprint density at radius 3 is 2.89 bits per heavy atom. The quantitative estimate of drug-likeness (QED) is 0.321. The van der Waals surface area contributed by atoms with E-state index in [0.717, 1.165) is 19.4 Å². The lowest BCUT2D eigenvalue weighted by Gasteiger charge is -2.31. The second-order valence-corrected chi connectivity index (χ2v) is 12.1. The molecular weight excluding hydrogens is 586 g/mol. The van der Waals surface area contributed by atoms with Crippen molar-refractivity contribution in [2.75, 3.05) is 50.9 Å². The van der Waals surface area contributed by atoms with E-state index in [1.165, 1.54) is 24.3 Å². The first-order valence-electron chi connectivity index (χ1n) is 15.0. The molecule has 45 heavy (non-hydrogen) atoms. The van der Waals surface area contributed by atoms with Gasteiger partial charge in [0.1, 0.15) is 35.5 Å². The van der Waals surface area contributed by atoms with Crippen molar-refractivity contribution in [3.63, 3.8) is 0 Å². The van der Waals surface area contributed by atoms with Crippen molar-refractivity contribution >= 4 is 27.5 Å². The van der Waals surface area contributed by atoms with Crippen LogP contribution in [0.25, 0.3) is 33.0 Å². The first-order chi connectivity index (χ1) is 21.7. The number of β-amino-alcohol motifs (C(OH)–C–C–N with tert-alkyl or cyclic N) is 1. The van der Waals surface area contributed by atoms with Gasteiger partial charge in [-0.1, -0.05) is 12.0 Å². The second-order valence-electron chi connectivity index (χ2n) is 12.1. The van der Waals surface area contributed by atoms with Crippen LogP contribution in [0, 0.1) is 25.1 Å². The van der Waals surface area contributed by atoms with Crippen molar-refractivity contribution in [2.24, 2.45) is 0 Å². The van der Waals surface area contributed by atoms with Crippen LogP contribution in [0.5, 0.6) is 11.8 Å². The van der Waals surface area contributed by atoms with E-state index < -0.39 is 29.3 Å². The van der Waals surface area contributed by atoms with Gasteiger partial charge in [0.25, 0.3) is 0 Å². The molecule has 3 fully saturated rings. The molecule has 12 heteroatoms. The van der Waals surface area contributed by atoms with Crippen LogP contribution in [0.2, 0.25) is 0 Å². The fraction of sp³-hybridized carbons (Fsp3) is 0.424. The number of fused-ring (bicyclic) bond motifs is 3. The number of aliphatic hydroxyl groups excluding tert-OH is 1. The molecule has 234 valence electrons. The third-order valence-corrected chi connectivity index (χ3v) is 9.18. The molecule has 4 aromatic rings. The van der Waals surface area contributed by atoms with E-state index in [1.807, 2.05) is 0 Å². The standard InChI is InChI=1S/C33H32F2N4O6/c1-3-23-25(35)6-5-19-11-21(40)12-24(26(19)23)29-18(2)28-27(31(42)45-29)30(38-9-10-43-16-22(41)15-38)37-32(36-28)44-17-33-7-4-8-39(33)14-20(34)13-33/h1,5-6,11-12,20,22,40-41H,4,7-10,13-17H2,2H3/t20-,22-,33+/m1/s1. The number of hydrogen-bond acceptors (Lipinski definition) is 10. The number of phenolic OH excluding ortho intramolecular Hbond substituents is 1. The summed E-state index contributed by atoms with van der Waals surface area (Å²) in [5.41, 5.74) is -0.454. The largest absolute Gasteiger partial charge is 0.508 e. The maximum atomic E-state index is 14.9. The predicted molar refractivity (Wildman–Crippen MR) is 163 cm³/mol. The number of hydrogen-bond donors (Lipinski definition) is 2. The summed E-state index contributed by atoms with van der Waals surface area (Å²) in [5, 5.41) is 21.9. The molecule has 0 radical (unpaired) electrons. The molecule has 5 heterocycles. The van der Waals surface area contributed by atoms with Crippen LogP contribution < -0.4 is 15.3 Å². The average Bonchev–Trinajstić information content (AvgIpc) is 3.44. The van der Waals surface area contributed by atoms with Gasteiger partial charge in [-0.05, 0) is 49.9 Å². The molecule has 3 aliphatic rings. The topological polar surface area (TPSA) is 121 Å². The van der Waals surface area contributed by atoms with Crippen molar-refractivity contribution < 1.29 is 32.9 Å². The number of nitrogens with zero attached hydrogens (tertiary/aromatic N) is 4. The van der Waals surface area contributed by atoms with Crippen LogP contribution in [0.15, 0.2) is 33.5 Å². The molecule has 0 bridgehead atoms. The van der Waals surface area contributed by atoms with Crippen molar-refractivity contribution in [3.8, 4) is 35.4 Å². The molecule has 10 nitrogen and oxygen atoms in total. The minimum atomic E-state index is -0.940. The number of benzene rings is 2. The molecule has 2 aromatic heterocycles. The molecule has 0 saturated carbocycles. The van der Waals surface area contributed by atoms with Gasteiger partial charge in [-0.25, -0.2) is 13.6 Å². The number of rotatable bonds is 5. The van der Waals surface area contributed by atoms with Gasteiger partial charge in [-0.15, -0.1) is 6.42 Å². The maximum absolute atomic E-state index is 14.9. The minimum absolute atomic E-state index is 0.0172. The van der Waals surface area contributed by atoms with E-state index in [0.29, 0.717) is 35.8 Å².